The molecule has 6 N–H and O–H groups in total. The van der Waals surface area contributed by atoms with Crippen molar-refractivity contribution in [3.05, 3.63) is 59.7 Å². The molecule has 2 aromatic carbocycles. The minimum absolute atomic E-state index is 0.177. The Kier molecular flexibility index (Phi) is 14.5. The van der Waals surface area contributed by atoms with Crippen LogP contribution in [-0.2, 0) is 35.1 Å². The molecule has 4 unspecified atom stereocenters. The SMILES string of the molecule is CC(=O)NS(=O)(=O)Cl.CCCCCCN1CC2C(C1)C2(C)c1cccc(N)c1.CCCCCCN1CC2C(C1)C2(C)c1cccc(NS(N)(=O)=O)c1. The van der Waals surface area contributed by atoms with E-state index in [1.807, 2.05) is 18.2 Å². The van der Waals surface area contributed by atoms with Crippen LogP contribution in [0.1, 0.15) is 97.1 Å². The molecule has 2 aromatic rings. The summed E-state index contributed by atoms with van der Waals surface area (Å²) >= 11 is 0. The van der Waals surface area contributed by atoms with Gasteiger partial charge in [-0.05, 0) is 85.0 Å². The third kappa shape index (κ3) is 11.3. The van der Waals surface area contributed by atoms with E-state index < -0.39 is 25.4 Å². The van der Waals surface area contributed by atoms with Gasteiger partial charge in [0.05, 0.1) is 5.69 Å². The molecule has 2 aliphatic carbocycles. The smallest absolute Gasteiger partial charge is 0.321 e. The van der Waals surface area contributed by atoms with Gasteiger partial charge >= 0.3 is 9.24 Å². The van der Waals surface area contributed by atoms with Gasteiger partial charge in [-0.15, -0.1) is 0 Å². The Labute approximate surface area is 317 Å². The number of fused-ring (bicyclic) bond motifs is 2. The van der Waals surface area contributed by atoms with Gasteiger partial charge in [0.1, 0.15) is 0 Å². The van der Waals surface area contributed by atoms with Gasteiger partial charge < -0.3 is 15.5 Å². The van der Waals surface area contributed by atoms with E-state index in [0.717, 1.165) is 24.4 Å². The fraction of sp³-hybridized carbons (Fsp3) is 0.658. The second-order valence-electron chi connectivity index (χ2n) is 15.6. The van der Waals surface area contributed by atoms with E-state index in [9.17, 15) is 21.6 Å². The molecule has 0 bridgehead atoms. The summed E-state index contributed by atoms with van der Waals surface area (Å²) in [4.78, 5) is 15.2. The molecule has 0 spiro atoms. The first kappa shape index (κ1) is 42.3. The van der Waals surface area contributed by atoms with E-state index in [4.69, 9.17) is 10.9 Å². The van der Waals surface area contributed by atoms with E-state index in [-0.39, 0.29) is 5.41 Å². The normalized spacial score (nSPS) is 27.7. The standard InChI is InChI=1S/C18H29N3O2S.C18H28N2.C2H4ClNO3S/c1-3-4-5-6-10-21-12-16-17(13-21)18(16,2)14-8-7-9-15(11-14)20-24(19,22)23;1-3-4-5-6-10-20-12-16-17(13-20)18(16,2)14-8-7-9-15(19)11-14;1-2(5)4-8(3,6)7/h7-9,11,16-17,20H,3-6,10,12-13H2,1-2H3,(H2,19,22,23);7-9,11,16-17H,3-6,10,12-13,19H2,1-2H3;1H3,(H,4,5). The quantitative estimate of drug-likeness (QED) is 0.0974. The number of nitrogens with zero attached hydrogens (tertiary/aromatic N) is 2. The Bertz CT molecular complexity index is 1700. The number of nitrogen functional groups attached to an aromatic ring is 1. The topological polar surface area (TPSA) is 168 Å². The van der Waals surface area contributed by atoms with E-state index in [0.29, 0.717) is 22.9 Å². The molecule has 292 valence electrons. The lowest BCUT2D eigenvalue weighted by Gasteiger charge is -2.24. The number of hydrogen-bond donors (Lipinski definition) is 4. The van der Waals surface area contributed by atoms with Crippen molar-refractivity contribution in [3.8, 4) is 0 Å². The van der Waals surface area contributed by atoms with Crippen LogP contribution >= 0.6 is 10.7 Å². The highest BCUT2D eigenvalue weighted by Crippen LogP contribution is 2.64. The zero-order valence-corrected chi connectivity index (χ0v) is 34.0. The summed E-state index contributed by atoms with van der Waals surface area (Å²) in [5, 5.41) is 5.07. The first-order valence-corrected chi connectivity index (χ1v) is 22.7. The Morgan fingerprint density at radius 3 is 1.58 bits per heavy atom. The number of likely N-dealkylation sites (tertiary alicyclic amines) is 2. The fourth-order valence-corrected chi connectivity index (χ4v) is 9.92. The zero-order valence-electron chi connectivity index (χ0n) is 31.6. The number of benzene rings is 2. The number of carbonyl (C=O) groups is 1. The molecule has 14 heteroatoms. The Hall–Kier alpha value is -2.42. The number of amides is 1. The van der Waals surface area contributed by atoms with Crippen molar-refractivity contribution in [3.63, 3.8) is 0 Å². The van der Waals surface area contributed by atoms with Crippen molar-refractivity contribution in [2.75, 3.05) is 49.7 Å². The van der Waals surface area contributed by atoms with Crippen LogP contribution in [0.3, 0.4) is 0 Å². The van der Waals surface area contributed by atoms with Crippen LogP contribution in [0.4, 0.5) is 11.4 Å². The van der Waals surface area contributed by atoms with Crippen LogP contribution in [0.5, 0.6) is 0 Å². The van der Waals surface area contributed by atoms with E-state index in [1.54, 1.807) is 6.07 Å². The Balaban J connectivity index is 0.000000195. The summed E-state index contributed by atoms with van der Waals surface area (Å²) in [5.74, 6) is 2.40. The molecule has 2 saturated carbocycles. The number of unbranched alkanes of at least 4 members (excludes halogenated alkanes) is 6. The van der Waals surface area contributed by atoms with Crippen molar-refractivity contribution in [2.45, 2.75) is 96.8 Å². The largest absolute Gasteiger partial charge is 0.399 e. The molecule has 2 saturated heterocycles. The van der Waals surface area contributed by atoms with Crippen molar-refractivity contribution in [1.82, 2.24) is 14.5 Å². The van der Waals surface area contributed by atoms with E-state index in [2.05, 4.69) is 77.2 Å². The van der Waals surface area contributed by atoms with Gasteiger partial charge in [0, 0.05) is 60.3 Å². The number of anilines is 2. The molecule has 2 heterocycles. The molecule has 4 fully saturated rings. The van der Waals surface area contributed by atoms with Gasteiger partial charge in [-0.2, -0.15) is 16.8 Å². The van der Waals surface area contributed by atoms with Crippen molar-refractivity contribution >= 4 is 47.4 Å². The van der Waals surface area contributed by atoms with E-state index >= 15 is 0 Å². The number of nitrogens with two attached hydrogens (primary N) is 2. The minimum Gasteiger partial charge on any atom is -0.399 e. The Morgan fingerprint density at radius 1 is 0.769 bits per heavy atom. The van der Waals surface area contributed by atoms with Gasteiger partial charge in [-0.3, -0.25) is 9.52 Å². The van der Waals surface area contributed by atoms with Crippen molar-refractivity contribution in [2.24, 2.45) is 28.8 Å². The number of hydrogen-bond acceptors (Lipinski definition) is 8. The third-order valence-electron chi connectivity index (χ3n) is 11.8. The van der Waals surface area contributed by atoms with Gasteiger partial charge in [0.15, 0.2) is 0 Å². The number of piperidine rings is 2. The van der Waals surface area contributed by atoms with Gasteiger partial charge in [-0.1, -0.05) is 90.5 Å². The van der Waals surface area contributed by atoms with Crippen LogP contribution in [0, 0.1) is 23.7 Å². The van der Waals surface area contributed by atoms with Crippen LogP contribution in [-0.4, -0.2) is 71.8 Å². The van der Waals surface area contributed by atoms with Crippen LogP contribution in [0.25, 0.3) is 0 Å². The first-order valence-electron chi connectivity index (χ1n) is 18.9. The molecule has 1 amide bonds. The van der Waals surface area contributed by atoms with E-state index in [1.165, 1.54) is 106 Å². The van der Waals surface area contributed by atoms with Crippen molar-refractivity contribution < 1.29 is 21.6 Å². The lowest BCUT2D eigenvalue weighted by atomic mass is 9.92. The van der Waals surface area contributed by atoms with Gasteiger partial charge in [0.25, 0.3) is 10.2 Å². The predicted molar refractivity (Wildman–Crippen MR) is 212 cm³/mol. The van der Waals surface area contributed by atoms with Gasteiger partial charge in [-0.25, -0.2) is 9.86 Å². The lowest BCUT2D eigenvalue weighted by Crippen LogP contribution is -2.30. The summed E-state index contributed by atoms with van der Waals surface area (Å²) in [6, 6.07) is 16.2. The summed E-state index contributed by atoms with van der Waals surface area (Å²) in [7, 11) is -3.00. The van der Waals surface area contributed by atoms with Crippen molar-refractivity contribution in [1.29, 1.82) is 0 Å². The molecule has 0 aromatic heterocycles. The first-order chi connectivity index (χ1) is 24.4. The molecule has 4 atom stereocenters. The zero-order chi connectivity index (χ0) is 38.3. The Morgan fingerprint density at radius 2 is 1.21 bits per heavy atom. The predicted octanol–water partition coefficient (Wildman–Crippen LogP) is 5.98. The third-order valence-corrected chi connectivity index (χ3v) is 13.1. The number of carbonyl (C=O) groups excluding carboxylic acids is 1. The average molecular weight is 782 g/mol. The summed E-state index contributed by atoms with van der Waals surface area (Å²) in [6.45, 7) is 17.8. The van der Waals surface area contributed by atoms with Crippen LogP contribution < -0.4 is 20.3 Å². The lowest BCUT2D eigenvalue weighted by molar-refractivity contribution is -0.117. The second-order valence-corrected chi connectivity index (χ2v) is 19.2. The molecule has 0 radical (unpaired) electrons. The highest BCUT2D eigenvalue weighted by atomic mass is 35.7. The number of rotatable bonds is 15. The molecule has 6 rings (SSSR count). The molecular formula is C38H61ClN6O5S2. The average Bonchev–Trinajstić information content (AvgIpc) is 3.54. The molecule has 11 nitrogen and oxygen atoms in total. The molecule has 4 aliphatic rings. The highest BCUT2D eigenvalue weighted by Gasteiger charge is 2.66. The summed E-state index contributed by atoms with van der Waals surface area (Å²) in [5.41, 5.74) is 10.7. The maximum absolute atomic E-state index is 11.2. The van der Waals surface area contributed by atoms with Crippen LogP contribution in [0.2, 0.25) is 0 Å². The molecular weight excluding hydrogens is 720 g/mol. The molecule has 2 aliphatic heterocycles. The highest BCUT2D eigenvalue weighted by molar-refractivity contribution is 8.12. The fourth-order valence-electron chi connectivity index (χ4n) is 8.80. The summed E-state index contributed by atoms with van der Waals surface area (Å²) < 4.78 is 46.1. The summed E-state index contributed by atoms with van der Waals surface area (Å²) in [6.07, 6.45) is 10.8. The monoisotopic (exact) mass is 780 g/mol. The van der Waals surface area contributed by atoms with Crippen LogP contribution in [0.15, 0.2) is 48.5 Å². The number of nitrogens with one attached hydrogen (secondary N) is 2. The minimum atomic E-state index is -3.85. The maximum Gasteiger partial charge on any atom is 0.321 e. The van der Waals surface area contributed by atoms with Gasteiger partial charge in [0.2, 0.25) is 5.91 Å². The number of halogens is 1. The molecule has 52 heavy (non-hydrogen) atoms. The second kappa shape index (κ2) is 17.8. The maximum atomic E-state index is 11.2.